The van der Waals surface area contributed by atoms with Crippen LogP contribution in [0.2, 0.25) is 0 Å². The average Bonchev–Trinajstić information content (AvgIpc) is 2.99. The van der Waals surface area contributed by atoms with E-state index in [1.54, 1.807) is 48.1 Å². The number of hydrogen-bond acceptors (Lipinski definition) is 5. The van der Waals surface area contributed by atoms with Gasteiger partial charge in [-0.05, 0) is 42.8 Å². The van der Waals surface area contributed by atoms with Crippen LogP contribution in [0.3, 0.4) is 0 Å². The lowest BCUT2D eigenvalue weighted by Crippen LogP contribution is -2.11. The van der Waals surface area contributed by atoms with Crippen molar-refractivity contribution in [3.63, 3.8) is 0 Å². The summed E-state index contributed by atoms with van der Waals surface area (Å²) in [6, 6.07) is 8.30. The minimum absolute atomic E-state index is 0.188. The molecule has 0 fully saturated rings. The molecule has 2 heterocycles. The molecule has 8 nitrogen and oxygen atoms in total. The number of amides is 1. The number of nitrogens with two attached hydrogens (primary N) is 1. The fourth-order valence-electron chi connectivity index (χ4n) is 2.58. The van der Waals surface area contributed by atoms with E-state index in [1.165, 1.54) is 6.20 Å². The van der Waals surface area contributed by atoms with Crippen LogP contribution in [0.5, 0.6) is 0 Å². The van der Waals surface area contributed by atoms with Gasteiger partial charge in [-0.2, -0.15) is 0 Å². The van der Waals surface area contributed by atoms with Crippen molar-refractivity contribution in [3.8, 4) is 11.4 Å². The van der Waals surface area contributed by atoms with Gasteiger partial charge in [-0.15, -0.1) is 0 Å². The molecule has 8 heteroatoms. The number of hydrogen-bond donors (Lipinski definition) is 3. The van der Waals surface area contributed by atoms with Gasteiger partial charge in [0.1, 0.15) is 0 Å². The van der Waals surface area contributed by atoms with Crippen molar-refractivity contribution in [2.24, 2.45) is 12.8 Å². The first-order valence-corrected chi connectivity index (χ1v) is 7.75. The molecule has 1 amide bonds. The number of nitrogens with one attached hydrogen (secondary N) is 1. The Morgan fingerprint density at radius 1 is 1.19 bits per heavy atom. The Labute approximate surface area is 149 Å². The fourth-order valence-corrected chi connectivity index (χ4v) is 2.58. The largest absolute Gasteiger partial charge is 0.478 e. The van der Waals surface area contributed by atoms with Gasteiger partial charge < -0.3 is 20.7 Å². The zero-order chi connectivity index (χ0) is 18.8. The van der Waals surface area contributed by atoms with Crippen LogP contribution in [0, 0.1) is 6.92 Å². The summed E-state index contributed by atoms with van der Waals surface area (Å²) in [7, 11) is 1.75. The van der Waals surface area contributed by atoms with E-state index in [0.29, 0.717) is 22.9 Å². The smallest absolute Gasteiger partial charge is 0.337 e. The molecule has 3 rings (SSSR count). The number of carbonyl (C=O) groups is 2. The molecule has 4 N–H and O–H groups in total. The minimum atomic E-state index is -0.996. The van der Waals surface area contributed by atoms with Gasteiger partial charge >= 0.3 is 5.97 Å². The summed E-state index contributed by atoms with van der Waals surface area (Å²) in [5.41, 5.74) is 8.70. The summed E-state index contributed by atoms with van der Waals surface area (Å²) in [5.74, 6) is -1.13. The second-order valence-corrected chi connectivity index (χ2v) is 5.81. The molecule has 0 spiro atoms. The van der Waals surface area contributed by atoms with Crippen LogP contribution in [-0.4, -0.2) is 31.5 Å². The normalized spacial score (nSPS) is 10.5. The van der Waals surface area contributed by atoms with Crippen LogP contribution in [-0.2, 0) is 7.05 Å². The molecule has 0 saturated carbocycles. The third-order valence-electron chi connectivity index (χ3n) is 3.93. The third kappa shape index (κ3) is 3.39. The maximum atomic E-state index is 11.2. The Morgan fingerprint density at radius 3 is 2.58 bits per heavy atom. The number of carboxylic acids is 1. The molecular formula is C18H17N5O3. The molecule has 0 bridgehead atoms. The lowest BCUT2D eigenvalue weighted by atomic mass is 10.1. The number of benzene rings is 1. The number of nitrogens with zero attached hydrogens (tertiary/aromatic N) is 3. The van der Waals surface area contributed by atoms with Crippen molar-refractivity contribution in [1.29, 1.82) is 0 Å². The summed E-state index contributed by atoms with van der Waals surface area (Å²) in [6.45, 7) is 1.84. The van der Waals surface area contributed by atoms with Crippen LogP contribution in [0.25, 0.3) is 11.4 Å². The van der Waals surface area contributed by atoms with Gasteiger partial charge in [0.15, 0.2) is 0 Å². The monoisotopic (exact) mass is 351 g/mol. The van der Waals surface area contributed by atoms with Crippen molar-refractivity contribution < 1.29 is 14.7 Å². The van der Waals surface area contributed by atoms with Crippen molar-refractivity contribution in [2.75, 3.05) is 5.32 Å². The van der Waals surface area contributed by atoms with Crippen molar-refractivity contribution in [1.82, 2.24) is 14.5 Å². The maximum Gasteiger partial charge on any atom is 0.337 e. The molecule has 0 aliphatic rings. The lowest BCUT2D eigenvalue weighted by molar-refractivity contribution is 0.0696. The summed E-state index contributed by atoms with van der Waals surface area (Å²) in [4.78, 5) is 31.0. The predicted molar refractivity (Wildman–Crippen MR) is 96.4 cm³/mol. The van der Waals surface area contributed by atoms with Gasteiger partial charge in [-0.1, -0.05) is 0 Å². The SMILES string of the molecule is Cc1cc(C(N)=O)ccc1Nc1nccc(-c2cc(C(=O)O)cn2C)n1. The highest BCUT2D eigenvalue weighted by molar-refractivity contribution is 5.93. The van der Waals surface area contributed by atoms with E-state index in [-0.39, 0.29) is 5.56 Å². The lowest BCUT2D eigenvalue weighted by Gasteiger charge is -2.10. The topological polar surface area (TPSA) is 123 Å². The number of aromatic carboxylic acids is 1. The second-order valence-electron chi connectivity index (χ2n) is 5.81. The van der Waals surface area contributed by atoms with Crippen LogP contribution >= 0.6 is 0 Å². The second kappa shape index (κ2) is 6.67. The molecule has 3 aromatic rings. The quantitative estimate of drug-likeness (QED) is 0.648. The molecule has 2 aromatic heterocycles. The number of aryl methyl sites for hydroxylation is 2. The van der Waals surface area contributed by atoms with Crippen molar-refractivity contribution in [3.05, 3.63) is 59.4 Å². The van der Waals surface area contributed by atoms with Crippen LogP contribution in [0.15, 0.2) is 42.7 Å². The Kier molecular flexibility index (Phi) is 4.40. The van der Waals surface area contributed by atoms with E-state index in [2.05, 4.69) is 15.3 Å². The fraction of sp³-hybridized carbons (Fsp3) is 0.111. The van der Waals surface area contributed by atoms with Crippen molar-refractivity contribution in [2.45, 2.75) is 6.92 Å². The summed E-state index contributed by atoms with van der Waals surface area (Å²) >= 11 is 0. The summed E-state index contributed by atoms with van der Waals surface area (Å²) < 4.78 is 1.70. The number of carbonyl (C=O) groups excluding carboxylic acids is 1. The summed E-state index contributed by atoms with van der Waals surface area (Å²) in [5, 5.41) is 12.2. The van der Waals surface area contributed by atoms with E-state index in [9.17, 15) is 9.59 Å². The Bertz CT molecular complexity index is 1010. The molecular weight excluding hydrogens is 334 g/mol. The van der Waals surface area contributed by atoms with Crippen LogP contribution < -0.4 is 11.1 Å². The standard InChI is InChI=1S/C18H17N5O3/c1-10-7-11(16(19)24)3-4-13(10)21-18-20-6-5-14(22-18)15-8-12(17(25)26)9-23(15)2/h3-9H,1-2H3,(H2,19,24)(H,25,26)(H,20,21,22). The Morgan fingerprint density at radius 2 is 1.96 bits per heavy atom. The third-order valence-corrected chi connectivity index (χ3v) is 3.93. The highest BCUT2D eigenvalue weighted by atomic mass is 16.4. The summed E-state index contributed by atoms with van der Waals surface area (Å²) in [6.07, 6.45) is 3.12. The zero-order valence-electron chi connectivity index (χ0n) is 14.2. The molecule has 0 unspecified atom stereocenters. The number of carboxylic acid groups (broad SMARTS) is 1. The van der Waals surface area contributed by atoms with Gasteiger partial charge in [-0.3, -0.25) is 4.79 Å². The van der Waals surface area contributed by atoms with E-state index in [1.807, 2.05) is 6.92 Å². The molecule has 0 saturated heterocycles. The number of aromatic nitrogens is 3. The number of anilines is 2. The maximum absolute atomic E-state index is 11.2. The van der Waals surface area contributed by atoms with Gasteiger partial charge in [-0.25, -0.2) is 14.8 Å². The van der Waals surface area contributed by atoms with E-state index >= 15 is 0 Å². The average molecular weight is 351 g/mol. The van der Waals surface area contributed by atoms with Crippen molar-refractivity contribution >= 4 is 23.5 Å². The Hall–Kier alpha value is -3.68. The Balaban J connectivity index is 1.91. The highest BCUT2D eigenvalue weighted by Crippen LogP contribution is 2.23. The molecule has 0 atom stereocenters. The predicted octanol–water partition coefficient (Wildman–Crippen LogP) is 2.33. The van der Waals surface area contributed by atoms with Gasteiger partial charge in [0.25, 0.3) is 0 Å². The molecule has 132 valence electrons. The molecule has 0 radical (unpaired) electrons. The first-order valence-electron chi connectivity index (χ1n) is 7.75. The highest BCUT2D eigenvalue weighted by Gasteiger charge is 2.13. The minimum Gasteiger partial charge on any atom is -0.478 e. The molecule has 26 heavy (non-hydrogen) atoms. The number of primary amides is 1. The molecule has 0 aliphatic heterocycles. The van der Waals surface area contributed by atoms with E-state index < -0.39 is 11.9 Å². The van der Waals surface area contributed by atoms with Crippen LogP contribution in [0.4, 0.5) is 11.6 Å². The van der Waals surface area contributed by atoms with Crippen LogP contribution in [0.1, 0.15) is 26.3 Å². The van der Waals surface area contributed by atoms with Gasteiger partial charge in [0.05, 0.1) is 17.0 Å². The van der Waals surface area contributed by atoms with Gasteiger partial charge in [0.2, 0.25) is 11.9 Å². The van der Waals surface area contributed by atoms with Gasteiger partial charge in [0, 0.05) is 30.7 Å². The number of rotatable bonds is 5. The first kappa shape index (κ1) is 17.2. The van der Waals surface area contributed by atoms with E-state index in [0.717, 1.165) is 11.3 Å². The molecule has 1 aromatic carbocycles. The zero-order valence-corrected chi connectivity index (χ0v) is 14.2. The van der Waals surface area contributed by atoms with E-state index in [4.69, 9.17) is 10.8 Å². The molecule has 0 aliphatic carbocycles. The first-order chi connectivity index (χ1) is 12.3.